The fourth-order valence-corrected chi connectivity index (χ4v) is 1.66. The number of rotatable bonds is 8. The van der Waals surface area contributed by atoms with Crippen molar-refractivity contribution in [2.75, 3.05) is 0 Å². The molecule has 1 amide bonds. The van der Waals surface area contributed by atoms with E-state index in [1.54, 1.807) is 6.92 Å². The van der Waals surface area contributed by atoms with Gasteiger partial charge in [0.2, 0.25) is 5.91 Å². The molecular formula is C12H19N3O5. The molecule has 0 saturated carbocycles. The number of imidazole rings is 1. The molecule has 0 fully saturated rings. The largest absolute Gasteiger partial charge is 0.480 e. The van der Waals surface area contributed by atoms with Crippen LogP contribution in [0.2, 0.25) is 0 Å². The van der Waals surface area contributed by atoms with E-state index in [4.69, 9.17) is 15.3 Å². The lowest BCUT2D eigenvalue weighted by Crippen LogP contribution is -2.44. The number of nitrogens with zero attached hydrogens (tertiary/aromatic N) is 1. The Labute approximate surface area is 115 Å². The van der Waals surface area contributed by atoms with Crippen molar-refractivity contribution in [2.24, 2.45) is 5.92 Å². The van der Waals surface area contributed by atoms with E-state index in [1.165, 1.54) is 12.5 Å². The van der Waals surface area contributed by atoms with Gasteiger partial charge in [-0.2, -0.15) is 0 Å². The molecular weight excluding hydrogens is 266 g/mol. The summed E-state index contributed by atoms with van der Waals surface area (Å²) in [6.45, 7) is 1.60. The highest BCUT2D eigenvalue weighted by atomic mass is 16.5. The summed E-state index contributed by atoms with van der Waals surface area (Å²) in [6, 6.07) is -1.05. The van der Waals surface area contributed by atoms with Gasteiger partial charge < -0.3 is 25.6 Å². The van der Waals surface area contributed by atoms with Gasteiger partial charge in [0, 0.05) is 24.2 Å². The third-order valence-electron chi connectivity index (χ3n) is 2.90. The van der Waals surface area contributed by atoms with Crippen LogP contribution in [0.4, 0.5) is 0 Å². The molecule has 8 heteroatoms. The number of nitrogens with one attached hydrogen (secondary N) is 2. The molecule has 8 nitrogen and oxygen atoms in total. The number of aromatic nitrogens is 2. The number of aliphatic hydroxyl groups excluding tert-OH is 1. The molecule has 2 atom stereocenters. The molecule has 2 unspecified atom stereocenters. The van der Waals surface area contributed by atoms with Crippen molar-refractivity contribution in [1.82, 2.24) is 15.3 Å². The quantitative estimate of drug-likeness (QED) is 0.399. The van der Waals surface area contributed by atoms with Crippen molar-refractivity contribution in [3.63, 3.8) is 0 Å². The molecule has 0 radical (unpaired) electrons. The van der Waals surface area contributed by atoms with Crippen molar-refractivity contribution < 1.29 is 24.9 Å². The molecule has 5 N–H and O–H groups in total. The van der Waals surface area contributed by atoms with Crippen LogP contribution in [-0.2, 0) is 16.0 Å². The van der Waals surface area contributed by atoms with Crippen LogP contribution in [0.25, 0.3) is 0 Å². The van der Waals surface area contributed by atoms with Crippen LogP contribution in [0.5, 0.6) is 0 Å². The number of carboxylic acids is 1. The Kier molecular flexibility index (Phi) is 6.13. The summed E-state index contributed by atoms with van der Waals surface area (Å²) in [5.74, 6) is -2.07. The predicted octanol–water partition coefficient (Wildman–Crippen LogP) is -0.751. The van der Waals surface area contributed by atoms with E-state index in [9.17, 15) is 9.59 Å². The van der Waals surface area contributed by atoms with Gasteiger partial charge >= 0.3 is 5.97 Å². The molecule has 20 heavy (non-hydrogen) atoms. The molecule has 0 spiro atoms. The van der Waals surface area contributed by atoms with E-state index in [0.29, 0.717) is 5.69 Å². The number of aliphatic hydroxyl groups is 2. The summed E-state index contributed by atoms with van der Waals surface area (Å²) in [4.78, 5) is 29.5. The van der Waals surface area contributed by atoms with Gasteiger partial charge in [0.05, 0.1) is 6.33 Å². The fourth-order valence-electron chi connectivity index (χ4n) is 1.66. The van der Waals surface area contributed by atoms with Crippen molar-refractivity contribution in [3.05, 3.63) is 18.2 Å². The summed E-state index contributed by atoms with van der Waals surface area (Å²) in [7, 11) is 0. The maximum Gasteiger partial charge on any atom is 0.326 e. The van der Waals surface area contributed by atoms with Gasteiger partial charge in [0.1, 0.15) is 6.04 Å². The first kappa shape index (κ1) is 16.1. The number of carboxylic acid groups (broad SMARTS) is 1. The van der Waals surface area contributed by atoms with Crippen LogP contribution < -0.4 is 5.32 Å². The Bertz CT molecular complexity index is 432. The van der Waals surface area contributed by atoms with Crippen molar-refractivity contribution in [1.29, 1.82) is 0 Å². The number of hydrogen-bond acceptors (Lipinski definition) is 5. The summed E-state index contributed by atoms with van der Waals surface area (Å²) in [5.41, 5.74) is 0.608. The van der Waals surface area contributed by atoms with Crippen LogP contribution in [0.15, 0.2) is 12.5 Å². The molecule has 1 rings (SSSR count). The number of carbonyl (C=O) groups is 2. The maximum atomic E-state index is 11.8. The van der Waals surface area contributed by atoms with Gasteiger partial charge in [-0.1, -0.05) is 6.92 Å². The Morgan fingerprint density at radius 3 is 2.60 bits per heavy atom. The summed E-state index contributed by atoms with van der Waals surface area (Å²) in [6.07, 6.45) is 1.89. The number of aliphatic carboxylic acids is 1. The monoisotopic (exact) mass is 285 g/mol. The van der Waals surface area contributed by atoms with Crippen LogP contribution in [0.3, 0.4) is 0 Å². The molecule has 0 aliphatic carbocycles. The van der Waals surface area contributed by atoms with E-state index < -0.39 is 30.1 Å². The average molecular weight is 285 g/mol. The average Bonchev–Trinajstić information content (AvgIpc) is 2.87. The first-order valence-corrected chi connectivity index (χ1v) is 6.26. The predicted molar refractivity (Wildman–Crippen MR) is 68.5 cm³/mol. The second-order valence-electron chi connectivity index (χ2n) is 4.64. The van der Waals surface area contributed by atoms with E-state index in [1.807, 2.05) is 0 Å². The Hall–Kier alpha value is -1.93. The highest BCUT2D eigenvalue weighted by Crippen LogP contribution is 2.08. The molecule has 0 saturated heterocycles. The minimum Gasteiger partial charge on any atom is -0.480 e. The van der Waals surface area contributed by atoms with Gasteiger partial charge in [-0.15, -0.1) is 0 Å². The lowest BCUT2D eigenvalue weighted by Gasteiger charge is -2.17. The highest BCUT2D eigenvalue weighted by molar-refractivity contribution is 5.84. The van der Waals surface area contributed by atoms with Gasteiger partial charge in [0.15, 0.2) is 6.29 Å². The van der Waals surface area contributed by atoms with Gasteiger partial charge in [-0.3, -0.25) is 4.79 Å². The minimum atomic E-state index is -1.47. The van der Waals surface area contributed by atoms with Gasteiger partial charge in [0.25, 0.3) is 0 Å². The van der Waals surface area contributed by atoms with Crippen LogP contribution in [-0.4, -0.2) is 49.5 Å². The number of amides is 1. The molecule has 0 bridgehead atoms. The van der Waals surface area contributed by atoms with Crippen LogP contribution in [0.1, 0.15) is 25.5 Å². The number of aromatic amines is 1. The number of hydrogen-bond donors (Lipinski definition) is 5. The van der Waals surface area contributed by atoms with E-state index in [0.717, 1.165) is 0 Å². The first-order valence-electron chi connectivity index (χ1n) is 6.26. The van der Waals surface area contributed by atoms with E-state index >= 15 is 0 Å². The summed E-state index contributed by atoms with van der Waals surface area (Å²) in [5, 5.41) is 29.0. The SMILES string of the molecule is CC(CCC(O)O)C(=O)NC(Cc1cnc[nH]1)C(=O)O. The smallest absolute Gasteiger partial charge is 0.326 e. The Morgan fingerprint density at radius 2 is 2.10 bits per heavy atom. The minimum absolute atomic E-state index is 0.0624. The van der Waals surface area contributed by atoms with Crippen LogP contribution >= 0.6 is 0 Å². The molecule has 0 aliphatic heterocycles. The van der Waals surface area contributed by atoms with Gasteiger partial charge in [-0.25, -0.2) is 9.78 Å². The summed E-state index contributed by atoms with van der Waals surface area (Å²) < 4.78 is 0. The zero-order chi connectivity index (χ0) is 15.1. The van der Waals surface area contributed by atoms with Crippen molar-refractivity contribution in [3.8, 4) is 0 Å². The van der Waals surface area contributed by atoms with E-state index in [-0.39, 0.29) is 19.3 Å². The highest BCUT2D eigenvalue weighted by Gasteiger charge is 2.23. The Morgan fingerprint density at radius 1 is 1.40 bits per heavy atom. The molecule has 1 aromatic heterocycles. The third kappa shape index (κ3) is 5.37. The normalized spacial score (nSPS) is 14.0. The molecule has 0 aromatic carbocycles. The van der Waals surface area contributed by atoms with Crippen LogP contribution in [0, 0.1) is 5.92 Å². The lowest BCUT2D eigenvalue weighted by atomic mass is 10.0. The standard InChI is InChI=1S/C12H19N3O5/c1-7(2-3-10(16)17)11(18)15-9(12(19)20)4-8-5-13-6-14-8/h5-7,9-10,16-17H,2-4H2,1H3,(H,13,14)(H,15,18)(H,19,20). The lowest BCUT2D eigenvalue weighted by molar-refractivity contribution is -0.142. The molecule has 112 valence electrons. The Balaban J connectivity index is 2.52. The van der Waals surface area contributed by atoms with Gasteiger partial charge in [-0.05, 0) is 12.8 Å². The number of carbonyl (C=O) groups excluding carboxylic acids is 1. The molecule has 1 aromatic rings. The van der Waals surface area contributed by atoms with Crippen molar-refractivity contribution >= 4 is 11.9 Å². The topological polar surface area (TPSA) is 136 Å². The second-order valence-corrected chi connectivity index (χ2v) is 4.64. The fraction of sp³-hybridized carbons (Fsp3) is 0.583. The maximum absolute atomic E-state index is 11.8. The third-order valence-corrected chi connectivity index (χ3v) is 2.90. The first-order chi connectivity index (χ1) is 9.40. The van der Waals surface area contributed by atoms with E-state index in [2.05, 4.69) is 15.3 Å². The number of H-pyrrole nitrogens is 1. The van der Waals surface area contributed by atoms with Crippen molar-refractivity contribution in [2.45, 2.75) is 38.5 Å². The second kappa shape index (κ2) is 7.61. The molecule has 0 aliphatic rings. The summed E-state index contributed by atoms with van der Waals surface area (Å²) >= 11 is 0. The zero-order valence-corrected chi connectivity index (χ0v) is 11.1. The zero-order valence-electron chi connectivity index (χ0n) is 11.1. The molecule has 1 heterocycles.